The van der Waals surface area contributed by atoms with Crippen molar-refractivity contribution >= 4 is 17.3 Å². The monoisotopic (exact) mass is 261 g/mol. The number of nitrogens with one attached hydrogen (secondary N) is 1. The van der Waals surface area contributed by atoms with E-state index >= 15 is 0 Å². The lowest BCUT2D eigenvalue weighted by molar-refractivity contribution is 0.376. The van der Waals surface area contributed by atoms with Gasteiger partial charge in [0, 0.05) is 24.2 Å². The third-order valence-corrected chi connectivity index (χ3v) is 4.31. The first kappa shape index (κ1) is 11.8. The van der Waals surface area contributed by atoms with Crippen molar-refractivity contribution in [2.75, 3.05) is 24.5 Å². The molecule has 18 heavy (non-hydrogen) atoms. The Kier molecular flexibility index (Phi) is 3.15. The number of nitriles is 1. The molecule has 0 bridgehead atoms. The van der Waals surface area contributed by atoms with Crippen molar-refractivity contribution in [3.05, 3.63) is 28.8 Å². The lowest BCUT2D eigenvalue weighted by Gasteiger charge is -2.36. The molecule has 0 aromatic heterocycles. The van der Waals surface area contributed by atoms with Crippen LogP contribution in [0.3, 0.4) is 0 Å². The normalized spacial score (nSPS) is 26.8. The van der Waals surface area contributed by atoms with E-state index in [-0.39, 0.29) is 0 Å². The molecule has 0 radical (unpaired) electrons. The highest BCUT2D eigenvalue weighted by Crippen LogP contribution is 2.31. The van der Waals surface area contributed by atoms with Crippen molar-refractivity contribution in [1.29, 1.82) is 5.26 Å². The van der Waals surface area contributed by atoms with Crippen LogP contribution in [0.5, 0.6) is 0 Å². The molecule has 2 unspecified atom stereocenters. The standard InChI is InChI=1S/C14H16ClN3/c15-12-1-2-14(11(7-12)8-16)18-6-4-13-10(9-18)3-5-17-13/h1-2,7,10,13,17H,3-6,9H2. The van der Waals surface area contributed by atoms with Gasteiger partial charge in [-0.15, -0.1) is 0 Å². The molecule has 3 nitrogen and oxygen atoms in total. The molecule has 1 N–H and O–H groups in total. The fourth-order valence-electron chi connectivity index (χ4n) is 3.14. The van der Waals surface area contributed by atoms with Crippen LogP contribution in [0, 0.1) is 17.2 Å². The second kappa shape index (κ2) is 4.79. The second-order valence-corrected chi connectivity index (χ2v) is 5.55. The van der Waals surface area contributed by atoms with E-state index in [0.29, 0.717) is 16.6 Å². The Balaban J connectivity index is 1.85. The maximum Gasteiger partial charge on any atom is 0.101 e. The minimum absolute atomic E-state index is 0.632. The molecular formula is C14H16ClN3. The molecule has 3 rings (SSSR count). The maximum atomic E-state index is 9.21. The largest absolute Gasteiger partial charge is 0.370 e. The molecule has 2 aliphatic heterocycles. The summed E-state index contributed by atoms with van der Waals surface area (Å²) in [5, 5.41) is 13.4. The molecular weight excluding hydrogens is 246 g/mol. The van der Waals surface area contributed by atoms with Crippen LogP contribution < -0.4 is 10.2 Å². The van der Waals surface area contributed by atoms with Crippen molar-refractivity contribution in [3.8, 4) is 6.07 Å². The predicted molar refractivity (Wildman–Crippen MR) is 72.9 cm³/mol. The number of anilines is 1. The SMILES string of the molecule is N#Cc1cc(Cl)ccc1N1CCC2NCCC2C1. The Morgan fingerprint density at radius 3 is 3.11 bits per heavy atom. The summed E-state index contributed by atoms with van der Waals surface area (Å²) < 4.78 is 0. The van der Waals surface area contributed by atoms with Crippen LogP contribution in [0.25, 0.3) is 0 Å². The number of hydrogen-bond acceptors (Lipinski definition) is 3. The van der Waals surface area contributed by atoms with Crippen LogP contribution in [0.2, 0.25) is 5.02 Å². The summed E-state index contributed by atoms with van der Waals surface area (Å²) in [5.41, 5.74) is 1.72. The van der Waals surface area contributed by atoms with Gasteiger partial charge in [-0.2, -0.15) is 5.26 Å². The summed E-state index contributed by atoms with van der Waals surface area (Å²) in [6.07, 6.45) is 2.41. The van der Waals surface area contributed by atoms with E-state index in [1.807, 2.05) is 12.1 Å². The molecule has 2 saturated heterocycles. The Morgan fingerprint density at radius 2 is 2.28 bits per heavy atom. The number of piperidine rings is 1. The molecule has 4 heteroatoms. The third-order valence-electron chi connectivity index (χ3n) is 4.08. The molecule has 0 saturated carbocycles. The van der Waals surface area contributed by atoms with Crippen molar-refractivity contribution in [1.82, 2.24) is 5.32 Å². The first-order chi connectivity index (χ1) is 8.78. The van der Waals surface area contributed by atoms with Crippen LogP contribution in [0.1, 0.15) is 18.4 Å². The number of hydrogen-bond donors (Lipinski definition) is 1. The van der Waals surface area contributed by atoms with E-state index in [4.69, 9.17) is 11.6 Å². The summed E-state index contributed by atoms with van der Waals surface area (Å²) in [5.74, 6) is 0.723. The predicted octanol–water partition coefficient (Wildman–Crippen LogP) is 2.40. The molecule has 1 aromatic rings. The molecule has 0 spiro atoms. The molecule has 0 amide bonds. The highest BCUT2D eigenvalue weighted by atomic mass is 35.5. The molecule has 1 aromatic carbocycles. The minimum atomic E-state index is 0.632. The van der Waals surface area contributed by atoms with Crippen LogP contribution in [0.15, 0.2) is 18.2 Å². The maximum absolute atomic E-state index is 9.21. The van der Waals surface area contributed by atoms with Gasteiger partial charge in [-0.05, 0) is 43.5 Å². The van der Waals surface area contributed by atoms with Gasteiger partial charge in [-0.1, -0.05) is 11.6 Å². The van der Waals surface area contributed by atoms with Gasteiger partial charge in [0.05, 0.1) is 11.3 Å². The summed E-state index contributed by atoms with van der Waals surface area (Å²) in [4.78, 5) is 2.34. The molecule has 2 fully saturated rings. The van der Waals surface area contributed by atoms with E-state index in [9.17, 15) is 5.26 Å². The van der Waals surface area contributed by atoms with Gasteiger partial charge in [-0.3, -0.25) is 0 Å². The fraction of sp³-hybridized carbons (Fsp3) is 0.500. The first-order valence-electron chi connectivity index (χ1n) is 6.46. The van der Waals surface area contributed by atoms with Gasteiger partial charge in [0.25, 0.3) is 0 Å². The fourth-order valence-corrected chi connectivity index (χ4v) is 3.31. The third kappa shape index (κ3) is 2.07. The van der Waals surface area contributed by atoms with Gasteiger partial charge in [0.2, 0.25) is 0 Å². The zero-order valence-corrected chi connectivity index (χ0v) is 11.0. The van der Waals surface area contributed by atoms with Gasteiger partial charge in [0.1, 0.15) is 6.07 Å². The first-order valence-corrected chi connectivity index (χ1v) is 6.83. The van der Waals surface area contributed by atoms with Crippen molar-refractivity contribution in [2.24, 2.45) is 5.92 Å². The van der Waals surface area contributed by atoms with Gasteiger partial charge in [-0.25, -0.2) is 0 Å². The Hall–Kier alpha value is -1.24. The zero-order valence-electron chi connectivity index (χ0n) is 10.2. The smallest absolute Gasteiger partial charge is 0.101 e. The average Bonchev–Trinajstić information content (AvgIpc) is 2.85. The van der Waals surface area contributed by atoms with Crippen LogP contribution in [0.4, 0.5) is 5.69 Å². The molecule has 0 aliphatic carbocycles. The summed E-state index contributed by atoms with van der Waals surface area (Å²) in [6.45, 7) is 3.20. The Morgan fingerprint density at radius 1 is 1.39 bits per heavy atom. The molecule has 2 heterocycles. The zero-order chi connectivity index (χ0) is 12.5. The van der Waals surface area contributed by atoms with Gasteiger partial charge in [0.15, 0.2) is 0 Å². The van der Waals surface area contributed by atoms with E-state index in [2.05, 4.69) is 16.3 Å². The molecule has 94 valence electrons. The van der Waals surface area contributed by atoms with E-state index < -0.39 is 0 Å². The topological polar surface area (TPSA) is 39.1 Å². The van der Waals surface area contributed by atoms with Crippen LogP contribution in [-0.2, 0) is 0 Å². The highest BCUT2D eigenvalue weighted by molar-refractivity contribution is 6.30. The number of fused-ring (bicyclic) bond motifs is 1. The van der Waals surface area contributed by atoms with Crippen molar-refractivity contribution < 1.29 is 0 Å². The molecule has 2 aliphatic rings. The second-order valence-electron chi connectivity index (χ2n) is 5.12. The average molecular weight is 262 g/mol. The summed E-state index contributed by atoms with van der Waals surface area (Å²) >= 11 is 5.94. The summed E-state index contributed by atoms with van der Waals surface area (Å²) in [6, 6.07) is 8.54. The van der Waals surface area contributed by atoms with E-state index in [1.165, 1.54) is 6.42 Å². The van der Waals surface area contributed by atoms with Gasteiger partial charge < -0.3 is 10.2 Å². The Bertz CT molecular complexity index is 494. The van der Waals surface area contributed by atoms with E-state index in [0.717, 1.165) is 37.7 Å². The lowest BCUT2D eigenvalue weighted by atomic mass is 9.92. The lowest BCUT2D eigenvalue weighted by Crippen LogP contribution is -2.44. The van der Waals surface area contributed by atoms with Crippen LogP contribution >= 0.6 is 11.6 Å². The number of benzene rings is 1. The minimum Gasteiger partial charge on any atom is -0.370 e. The van der Waals surface area contributed by atoms with Crippen molar-refractivity contribution in [2.45, 2.75) is 18.9 Å². The summed E-state index contributed by atoms with van der Waals surface area (Å²) in [7, 11) is 0. The number of nitrogens with zero attached hydrogens (tertiary/aromatic N) is 2. The quantitative estimate of drug-likeness (QED) is 0.844. The Labute approximate surface area is 112 Å². The highest BCUT2D eigenvalue weighted by Gasteiger charge is 2.33. The molecule has 2 atom stereocenters. The van der Waals surface area contributed by atoms with Crippen molar-refractivity contribution in [3.63, 3.8) is 0 Å². The number of rotatable bonds is 1. The van der Waals surface area contributed by atoms with Crippen LogP contribution in [-0.4, -0.2) is 25.7 Å². The van der Waals surface area contributed by atoms with Gasteiger partial charge >= 0.3 is 0 Å². The van der Waals surface area contributed by atoms with E-state index in [1.54, 1.807) is 6.07 Å². The number of halogens is 1.